The standard InChI is InChI=1S/C26H46FNO6/c1-11-19-14-24(7,33-13-3)17(5)16(4)21(29)25(8,27)23(31)34-20(12-2)26(9,32)22(30)18(6)28(10)15-19/h11,16-20,22,30,32H,1,12-15H2,2-10H3/t16-,17-,18-,19-,20-,22-,24-,25+,26-/m1/s1. The zero-order valence-corrected chi connectivity index (χ0v) is 22.4. The zero-order chi connectivity index (χ0) is 26.6. The van der Waals surface area contributed by atoms with Gasteiger partial charge in [-0.15, -0.1) is 6.58 Å². The van der Waals surface area contributed by atoms with Crippen LogP contribution in [0.2, 0.25) is 0 Å². The predicted molar refractivity (Wildman–Crippen MR) is 130 cm³/mol. The van der Waals surface area contributed by atoms with Crippen molar-refractivity contribution in [3.8, 4) is 0 Å². The maximum absolute atomic E-state index is 15.7. The van der Waals surface area contributed by atoms with Crippen LogP contribution in [-0.4, -0.2) is 82.2 Å². The molecule has 1 heterocycles. The number of esters is 1. The van der Waals surface area contributed by atoms with Crippen LogP contribution in [0.4, 0.5) is 4.39 Å². The first-order valence-electron chi connectivity index (χ1n) is 12.3. The first-order valence-corrected chi connectivity index (χ1v) is 12.3. The van der Waals surface area contributed by atoms with Gasteiger partial charge in [-0.2, -0.15) is 0 Å². The van der Waals surface area contributed by atoms with Crippen LogP contribution >= 0.6 is 0 Å². The number of likely N-dealkylation sites (N-methyl/N-ethyl adjacent to an activating group) is 1. The summed E-state index contributed by atoms with van der Waals surface area (Å²) >= 11 is 0. The van der Waals surface area contributed by atoms with Crippen molar-refractivity contribution < 1.29 is 33.7 Å². The molecule has 0 aliphatic carbocycles. The second kappa shape index (κ2) is 11.6. The van der Waals surface area contributed by atoms with Crippen LogP contribution in [0.15, 0.2) is 12.7 Å². The molecule has 1 saturated heterocycles. The van der Waals surface area contributed by atoms with Crippen LogP contribution in [0.3, 0.4) is 0 Å². The fourth-order valence-electron chi connectivity index (χ4n) is 5.04. The number of carbonyl (C=O) groups is 2. The van der Waals surface area contributed by atoms with E-state index in [4.69, 9.17) is 9.47 Å². The molecule has 2 N–H and O–H groups in total. The number of halogens is 1. The van der Waals surface area contributed by atoms with Crippen LogP contribution in [0.5, 0.6) is 0 Å². The number of ketones is 1. The van der Waals surface area contributed by atoms with E-state index in [1.54, 1.807) is 20.8 Å². The van der Waals surface area contributed by atoms with Crippen molar-refractivity contribution in [2.75, 3.05) is 20.2 Å². The van der Waals surface area contributed by atoms with Crippen molar-refractivity contribution in [1.82, 2.24) is 4.90 Å². The van der Waals surface area contributed by atoms with Gasteiger partial charge < -0.3 is 24.6 Å². The molecule has 1 rings (SSSR count). The highest BCUT2D eigenvalue weighted by atomic mass is 19.1. The number of Topliss-reactive ketones (excluding diaryl/α,β-unsaturated/α-hetero) is 1. The second-order valence-electron chi connectivity index (χ2n) is 10.5. The third kappa shape index (κ3) is 6.25. The normalized spacial score (nSPS) is 44.1. The maximum Gasteiger partial charge on any atom is 0.351 e. The molecule has 0 saturated carbocycles. The molecule has 1 fully saturated rings. The number of nitrogens with zero attached hydrogens (tertiary/aromatic N) is 1. The Morgan fingerprint density at radius 1 is 1.24 bits per heavy atom. The molecule has 0 aromatic carbocycles. The average molecular weight is 488 g/mol. The van der Waals surface area contributed by atoms with Gasteiger partial charge in [0.15, 0.2) is 5.78 Å². The number of hydrogen-bond donors (Lipinski definition) is 2. The van der Waals surface area contributed by atoms with Gasteiger partial charge in [0.2, 0.25) is 0 Å². The fraction of sp³-hybridized carbons (Fsp3) is 0.846. The predicted octanol–water partition coefficient (Wildman–Crippen LogP) is 3.31. The molecule has 7 nitrogen and oxygen atoms in total. The number of hydrogen-bond acceptors (Lipinski definition) is 7. The third-order valence-corrected chi connectivity index (χ3v) is 7.99. The molecule has 0 aromatic rings. The van der Waals surface area contributed by atoms with Crippen LogP contribution in [0.1, 0.15) is 68.2 Å². The highest BCUT2D eigenvalue weighted by Gasteiger charge is 2.52. The van der Waals surface area contributed by atoms with Crippen molar-refractivity contribution >= 4 is 11.8 Å². The quantitative estimate of drug-likeness (QED) is 0.357. The molecule has 0 bridgehead atoms. The van der Waals surface area contributed by atoms with Gasteiger partial charge in [0.1, 0.15) is 17.8 Å². The van der Waals surface area contributed by atoms with E-state index < -0.39 is 58.7 Å². The van der Waals surface area contributed by atoms with E-state index in [0.717, 1.165) is 6.92 Å². The summed E-state index contributed by atoms with van der Waals surface area (Å²) in [5.74, 6) is -3.62. The summed E-state index contributed by atoms with van der Waals surface area (Å²) < 4.78 is 27.1. The lowest BCUT2D eigenvalue weighted by molar-refractivity contribution is -0.196. The van der Waals surface area contributed by atoms with Gasteiger partial charge in [0, 0.05) is 25.1 Å². The summed E-state index contributed by atoms with van der Waals surface area (Å²) in [6, 6.07) is -0.525. The first kappa shape index (κ1) is 30.7. The summed E-state index contributed by atoms with van der Waals surface area (Å²) in [5.41, 5.74) is -5.60. The summed E-state index contributed by atoms with van der Waals surface area (Å²) in [5, 5.41) is 22.2. The molecule has 0 spiro atoms. The Kier molecular flexibility index (Phi) is 10.5. The van der Waals surface area contributed by atoms with Crippen LogP contribution in [-0.2, 0) is 19.1 Å². The minimum Gasteiger partial charge on any atom is -0.457 e. The molecule has 9 atom stereocenters. The Balaban J connectivity index is 3.62. The smallest absolute Gasteiger partial charge is 0.351 e. The van der Waals surface area contributed by atoms with Gasteiger partial charge in [0.05, 0.1) is 5.60 Å². The van der Waals surface area contributed by atoms with Crippen molar-refractivity contribution in [1.29, 1.82) is 0 Å². The number of aliphatic hydroxyl groups excluding tert-OH is 1. The lowest BCUT2D eigenvalue weighted by Gasteiger charge is -2.42. The number of alkyl halides is 1. The average Bonchev–Trinajstić information content (AvgIpc) is 2.78. The van der Waals surface area contributed by atoms with Gasteiger partial charge in [-0.25, -0.2) is 9.18 Å². The van der Waals surface area contributed by atoms with Gasteiger partial charge in [-0.3, -0.25) is 4.79 Å². The number of cyclic esters (lactones) is 1. The summed E-state index contributed by atoms with van der Waals surface area (Å²) in [6.07, 6.45) is -0.0972. The molecule has 0 radical (unpaired) electrons. The van der Waals surface area contributed by atoms with Gasteiger partial charge in [0.25, 0.3) is 5.67 Å². The lowest BCUT2D eigenvalue weighted by Crippen LogP contribution is -2.59. The van der Waals surface area contributed by atoms with E-state index in [0.29, 0.717) is 19.6 Å². The number of aliphatic hydroxyl groups is 2. The highest BCUT2D eigenvalue weighted by molar-refractivity contribution is 6.07. The van der Waals surface area contributed by atoms with E-state index in [1.165, 1.54) is 6.92 Å². The molecule has 0 amide bonds. The summed E-state index contributed by atoms with van der Waals surface area (Å²) in [4.78, 5) is 28.0. The fourth-order valence-corrected chi connectivity index (χ4v) is 5.04. The lowest BCUT2D eigenvalue weighted by atomic mass is 9.72. The Morgan fingerprint density at radius 3 is 2.26 bits per heavy atom. The van der Waals surface area contributed by atoms with Crippen LogP contribution < -0.4 is 0 Å². The highest BCUT2D eigenvalue weighted by Crippen LogP contribution is 2.38. The Bertz CT molecular complexity index is 726. The molecule has 34 heavy (non-hydrogen) atoms. The van der Waals surface area contributed by atoms with Crippen LogP contribution in [0.25, 0.3) is 0 Å². The molecule has 198 valence electrons. The minimum atomic E-state index is -2.92. The first-order chi connectivity index (χ1) is 15.5. The summed E-state index contributed by atoms with van der Waals surface area (Å²) in [6.45, 7) is 17.7. The number of rotatable bonds is 4. The zero-order valence-electron chi connectivity index (χ0n) is 22.4. The van der Waals surface area contributed by atoms with Gasteiger partial charge in [-0.05, 0) is 66.3 Å². The third-order valence-electron chi connectivity index (χ3n) is 7.99. The van der Waals surface area contributed by atoms with Crippen molar-refractivity contribution in [3.63, 3.8) is 0 Å². The Morgan fingerprint density at radius 2 is 1.79 bits per heavy atom. The van der Waals surface area contributed by atoms with Crippen molar-refractivity contribution in [3.05, 3.63) is 12.7 Å². The van der Waals surface area contributed by atoms with Gasteiger partial charge in [-0.1, -0.05) is 26.8 Å². The molecule has 0 aromatic heterocycles. The van der Waals surface area contributed by atoms with E-state index in [9.17, 15) is 19.8 Å². The topological polar surface area (TPSA) is 96.3 Å². The second-order valence-corrected chi connectivity index (χ2v) is 10.5. The molecule has 1 aliphatic heterocycles. The molecule has 8 heteroatoms. The molecule has 0 unspecified atom stereocenters. The van der Waals surface area contributed by atoms with E-state index in [1.807, 2.05) is 38.8 Å². The Hall–Kier alpha value is -1.35. The van der Waals surface area contributed by atoms with Crippen LogP contribution in [0, 0.1) is 17.8 Å². The molecular formula is C26H46FNO6. The molecule has 1 aliphatic rings. The SMILES string of the molecule is C=C[C@H]1CN(C)[C@H](C)[C@@H](O)[C@](C)(O)[C@@H](CC)OC(=O)[C@@](C)(F)C(=O)[C@H](C)[C@@H](C)[C@](C)(OCC)C1. The largest absolute Gasteiger partial charge is 0.457 e. The number of ether oxygens (including phenoxy) is 2. The van der Waals surface area contributed by atoms with Crippen molar-refractivity contribution in [2.45, 2.75) is 103 Å². The minimum absolute atomic E-state index is 0.0763. The molecular weight excluding hydrogens is 441 g/mol. The summed E-state index contributed by atoms with van der Waals surface area (Å²) in [7, 11) is 1.83. The monoisotopic (exact) mass is 487 g/mol. The number of carbonyl (C=O) groups excluding carboxylic acids is 2. The van der Waals surface area contributed by atoms with E-state index >= 15 is 4.39 Å². The maximum atomic E-state index is 15.7. The Labute approximate surface area is 204 Å². The van der Waals surface area contributed by atoms with E-state index in [2.05, 4.69) is 6.58 Å². The van der Waals surface area contributed by atoms with Crippen molar-refractivity contribution in [2.24, 2.45) is 17.8 Å². The van der Waals surface area contributed by atoms with E-state index in [-0.39, 0.29) is 12.3 Å². The van der Waals surface area contributed by atoms with Gasteiger partial charge >= 0.3 is 5.97 Å².